The van der Waals surface area contributed by atoms with Gasteiger partial charge in [-0.15, -0.1) is 0 Å². The SMILES string of the molecule is CC(CN1CCOCC1)NC(=O)NC(C)(C)CCC(=O)O. The number of urea groups is 1. The highest BCUT2D eigenvalue weighted by Gasteiger charge is 2.22. The molecule has 0 aromatic carbocycles. The zero-order chi connectivity index (χ0) is 15.9. The molecule has 0 aromatic heterocycles. The van der Waals surface area contributed by atoms with Crippen molar-refractivity contribution in [2.45, 2.75) is 45.2 Å². The van der Waals surface area contributed by atoms with Crippen molar-refractivity contribution in [1.82, 2.24) is 15.5 Å². The molecule has 0 saturated carbocycles. The molecular weight excluding hydrogens is 274 g/mol. The minimum atomic E-state index is -0.856. The van der Waals surface area contributed by atoms with Crippen LogP contribution in [0.5, 0.6) is 0 Å². The maximum atomic E-state index is 11.9. The van der Waals surface area contributed by atoms with Gasteiger partial charge in [-0.05, 0) is 27.2 Å². The van der Waals surface area contributed by atoms with E-state index in [0.29, 0.717) is 6.42 Å². The van der Waals surface area contributed by atoms with Crippen LogP contribution in [-0.2, 0) is 9.53 Å². The van der Waals surface area contributed by atoms with Crippen molar-refractivity contribution in [2.75, 3.05) is 32.8 Å². The van der Waals surface area contributed by atoms with Crippen molar-refractivity contribution < 1.29 is 19.4 Å². The van der Waals surface area contributed by atoms with Gasteiger partial charge >= 0.3 is 12.0 Å². The Hall–Kier alpha value is -1.34. The Balaban J connectivity index is 2.29. The highest BCUT2D eigenvalue weighted by Crippen LogP contribution is 2.11. The van der Waals surface area contributed by atoms with E-state index in [2.05, 4.69) is 15.5 Å². The van der Waals surface area contributed by atoms with E-state index in [4.69, 9.17) is 9.84 Å². The Morgan fingerprint density at radius 1 is 1.33 bits per heavy atom. The van der Waals surface area contributed by atoms with Gasteiger partial charge in [0.2, 0.25) is 0 Å². The summed E-state index contributed by atoms with van der Waals surface area (Å²) in [6, 6.07) is -0.232. The van der Waals surface area contributed by atoms with E-state index in [0.717, 1.165) is 32.8 Å². The number of ether oxygens (including phenoxy) is 1. The summed E-state index contributed by atoms with van der Waals surface area (Å²) in [6.07, 6.45) is 0.435. The third kappa shape index (κ3) is 7.87. The van der Waals surface area contributed by atoms with Gasteiger partial charge in [-0.1, -0.05) is 0 Å². The standard InChI is InChI=1S/C14H27N3O4/c1-11(10-17-6-8-21-9-7-17)15-13(20)16-14(2,3)5-4-12(18)19/h11H,4-10H2,1-3H3,(H,18,19)(H2,15,16,20). The Labute approximate surface area is 126 Å². The molecule has 1 unspecified atom stereocenters. The third-order valence-electron chi connectivity index (χ3n) is 3.43. The summed E-state index contributed by atoms with van der Waals surface area (Å²) >= 11 is 0. The van der Waals surface area contributed by atoms with Gasteiger partial charge in [0.05, 0.1) is 13.2 Å². The lowest BCUT2D eigenvalue weighted by Gasteiger charge is -2.31. The van der Waals surface area contributed by atoms with Crippen LogP contribution >= 0.6 is 0 Å². The molecule has 2 amide bonds. The zero-order valence-electron chi connectivity index (χ0n) is 13.1. The molecule has 7 heteroatoms. The van der Waals surface area contributed by atoms with Gasteiger partial charge in [0.25, 0.3) is 0 Å². The van der Waals surface area contributed by atoms with E-state index in [1.54, 1.807) is 0 Å². The number of hydrogen-bond acceptors (Lipinski definition) is 4. The first kappa shape index (κ1) is 17.7. The van der Waals surface area contributed by atoms with Crippen LogP contribution < -0.4 is 10.6 Å². The van der Waals surface area contributed by atoms with Gasteiger partial charge in [0, 0.05) is 37.6 Å². The first-order valence-electron chi connectivity index (χ1n) is 7.39. The van der Waals surface area contributed by atoms with Gasteiger partial charge in [-0.25, -0.2) is 4.79 Å². The van der Waals surface area contributed by atoms with E-state index in [9.17, 15) is 9.59 Å². The molecule has 1 fully saturated rings. The van der Waals surface area contributed by atoms with Gasteiger partial charge in [0.15, 0.2) is 0 Å². The molecule has 0 aromatic rings. The molecule has 7 nitrogen and oxygen atoms in total. The molecule has 1 rings (SSSR count). The minimum absolute atomic E-state index is 0.0263. The first-order chi connectivity index (χ1) is 9.78. The van der Waals surface area contributed by atoms with Crippen LogP contribution in [0.3, 0.4) is 0 Å². The normalized spacial score (nSPS) is 18.0. The quantitative estimate of drug-likeness (QED) is 0.642. The molecule has 3 N–H and O–H groups in total. The molecule has 21 heavy (non-hydrogen) atoms. The predicted octanol–water partition coefficient (Wildman–Crippen LogP) is 0.650. The van der Waals surface area contributed by atoms with E-state index < -0.39 is 11.5 Å². The third-order valence-corrected chi connectivity index (χ3v) is 3.43. The summed E-state index contributed by atoms with van der Waals surface area (Å²) in [7, 11) is 0. The van der Waals surface area contributed by atoms with Crippen molar-refractivity contribution in [1.29, 1.82) is 0 Å². The number of amides is 2. The summed E-state index contributed by atoms with van der Waals surface area (Å²) in [4.78, 5) is 24.8. The number of carboxylic acids is 1. The molecule has 0 aliphatic carbocycles. The smallest absolute Gasteiger partial charge is 0.315 e. The average molecular weight is 301 g/mol. The lowest BCUT2D eigenvalue weighted by atomic mass is 9.99. The van der Waals surface area contributed by atoms with Crippen LogP contribution in [0.1, 0.15) is 33.6 Å². The number of nitrogens with zero attached hydrogens (tertiary/aromatic N) is 1. The number of rotatable bonds is 7. The molecule has 1 saturated heterocycles. The fourth-order valence-corrected chi connectivity index (χ4v) is 2.27. The second kappa shape index (κ2) is 8.19. The monoisotopic (exact) mass is 301 g/mol. The van der Waals surface area contributed by atoms with E-state index in [1.165, 1.54) is 0 Å². The summed E-state index contributed by atoms with van der Waals surface area (Å²) in [5.74, 6) is -0.856. The number of nitrogens with one attached hydrogen (secondary N) is 2. The van der Waals surface area contributed by atoms with Crippen molar-refractivity contribution in [3.8, 4) is 0 Å². The van der Waals surface area contributed by atoms with Crippen LogP contribution in [-0.4, -0.2) is 66.4 Å². The maximum absolute atomic E-state index is 11.9. The molecule has 1 aliphatic rings. The lowest BCUT2D eigenvalue weighted by molar-refractivity contribution is -0.137. The second-order valence-electron chi connectivity index (χ2n) is 6.19. The molecule has 0 spiro atoms. The molecule has 0 bridgehead atoms. The summed E-state index contributed by atoms with van der Waals surface area (Å²) in [5, 5.41) is 14.4. The minimum Gasteiger partial charge on any atom is -0.481 e. The van der Waals surface area contributed by atoms with Gasteiger partial charge < -0.3 is 20.5 Å². The number of carboxylic acid groups (broad SMARTS) is 1. The van der Waals surface area contributed by atoms with Crippen LogP contribution in [0.2, 0.25) is 0 Å². The second-order valence-corrected chi connectivity index (χ2v) is 6.19. The van der Waals surface area contributed by atoms with Crippen LogP contribution in [0, 0.1) is 0 Å². The zero-order valence-corrected chi connectivity index (χ0v) is 13.1. The number of carbonyl (C=O) groups is 2. The summed E-state index contributed by atoms with van der Waals surface area (Å²) in [5.41, 5.74) is -0.541. The molecule has 1 aliphatic heterocycles. The Morgan fingerprint density at radius 2 is 1.95 bits per heavy atom. The maximum Gasteiger partial charge on any atom is 0.315 e. The fraction of sp³-hybridized carbons (Fsp3) is 0.857. The fourth-order valence-electron chi connectivity index (χ4n) is 2.27. The molecular formula is C14H27N3O4. The Morgan fingerprint density at radius 3 is 2.52 bits per heavy atom. The number of morpholine rings is 1. The molecule has 1 heterocycles. The van der Waals surface area contributed by atoms with Crippen molar-refractivity contribution in [3.63, 3.8) is 0 Å². The van der Waals surface area contributed by atoms with Crippen LogP contribution in [0.25, 0.3) is 0 Å². The molecule has 1 atom stereocenters. The first-order valence-corrected chi connectivity index (χ1v) is 7.39. The van der Waals surface area contributed by atoms with Crippen molar-refractivity contribution >= 4 is 12.0 Å². The number of aliphatic carboxylic acids is 1. The Bertz CT molecular complexity index is 354. The largest absolute Gasteiger partial charge is 0.481 e. The lowest BCUT2D eigenvalue weighted by Crippen LogP contribution is -2.53. The highest BCUT2D eigenvalue weighted by atomic mass is 16.5. The topological polar surface area (TPSA) is 90.9 Å². The molecule has 0 radical (unpaired) electrons. The average Bonchev–Trinajstić information content (AvgIpc) is 2.36. The van der Waals surface area contributed by atoms with Gasteiger partial charge in [0.1, 0.15) is 0 Å². The summed E-state index contributed by atoms with van der Waals surface area (Å²) in [6.45, 7) is 9.63. The van der Waals surface area contributed by atoms with E-state index >= 15 is 0 Å². The number of carbonyl (C=O) groups excluding carboxylic acids is 1. The molecule has 122 valence electrons. The highest BCUT2D eigenvalue weighted by molar-refractivity contribution is 5.75. The van der Waals surface area contributed by atoms with Crippen LogP contribution in [0.15, 0.2) is 0 Å². The van der Waals surface area contributed by atoms with Crippen molar-refractivity contribution in [2.24, 2.45) is 0 Å². The Kier molecular flexibility index (Phi) is 6.91. The van der Waals surface area contributed by atoms with E-state index in [-0.39, 0.29) is 18.5 Å². The summed E-state index contributed by atoms with van der Waals surface area (Å²) < 4.78 is 5.29. The predicted molar refractivity (Wildman–Crippen MR) is 79.3 cm³/mol. The van der Waals surface area contributed by atoms with Gasteiger partial charge in [-0.2, -0.15) is 0 Å². The van der Waals surface area contributed by atoms with Crippen molar-refractivity contribution in [3.05, 3.63) is 0 Å². The van der Waals surface area contributed by atoms with E-state index in [1.807, 2.05) is 20.8 Å². The van der Waals surface area contributed by atoms with Crippen LogP contribution in [0.4, 0.5) is 4.79 Å². The van der Waals surface area contributed by atoms with Gasteiger partial charge in [-0.3, -0.25) is 9.69 Å². The number of hydrogen-bond donors (Lipinski definition) is 3.